The lowest BCUT2D eigenvalue weighted by Gasteiger charge is -2.04. The van der Waals surface area contributed by atoms with E-state index in [9.17, 15) is 9.59 Å². The summed E-state index contributed by atoms with van der Waals surface area (Å²) in [7, 11) is 0. The molecule has 0 amide bonds. The van der Waals surface area contributed by atoms with E-state index in [1.807, 2.05) is 0 Å². The molecule has 64 valence electrons. The molecule has 1 atom stereocenters. The number of hydrogen-bond donors (Lipinski definition) is 3. The summed E-state index contributed by atoms with van der Waals surface area (Å²) in [6.07, 6.45) is -0.451. The van der Waals surface area contributed by atoms with E-state index in [4.69, 9.17) is 15.9 Å². The number of ketones is 1. The number of Topliss-reactive ketones (excluding diaryl/α,β-unsaturated/α-hetero) is 1. The molecule has 0 bridgehead atoms. The smallest absolute Gasteiger partial charge is 0.305 e. The summed E-state index contributed by atoms with van der Waals surface area (Å²) in [6.45, 7) is -0.286. The lowest BCUT2D eigenvalue weighted by atomic mass is 10.1. The van der Waals surface area contributed by atoms with Gasteiger partial charge in [0, 0.05) is 6.42 Å². The maximum atomic E-state index is 10.7. The fourth-order valence-corrected chi connectivity index (χ4v) is 0.598. The molecular formula is C6H11NO4. The number of nitrogens with two attached hydrogens (primary N) is 1. The average Bonchev–Trinajstić information content (AvgIpc) is 1.86. The normalized spacial score (nSPS) is 12.5. The predicted octanol–water partition coefficient (Wildman–Crippen LogP) is -1.26. The minimum Gasteiger partial charge on any atom is -0.481 e. The van der Waals surface area contributed by atoms with E-state index < -0.39 is 17.8 Å². The van der Waals surface area contributed by atoms with E-state index in [0.717, 1.165) is 0 Å². The van der Waals surface area contributed by atoms with Gasteiger partial charge in [0.1, 0.15) is 0 Å². The molecule has 5 heteroatoms. The van der Waals surface area contributed by atoms with Gasteiger partial charge < -0.3 is 15.9 Å². The highest BCUT2D eigenvalue weighted by atomic mass is 16.4. The maximum Gasteiger partial charge on any atom is 0.305 e. The SMILES string of the molecule is N[C@@H](CC(=O)O)C(=O)CCO. The summed E-state index contributed by atoms with van der Waals surface area (Å²) >= 11 is 0. The van der Waals surface area contributed by atoms with E-state index in [0.29, 0.717) is 0 Å². The van der Waals surface area contributed by atoms with Gasteiger partial charge in [0.15, 0.2) is 5.78 Å². The van der Waals surface area contributed by atoms with Crippen LogP contribution in [0.4, 0.5) is 0 Å². The van der Waals surface area contributed by atoms with Gasteiger partial charge in [-0.2, -0.15) is 0 Å². The molecule has 0 heterocycles. The van der Waals surface area contributed by atoms with Gasteiger partial charge in [-0.05, 0) is 0 Å². The number of hydrogen-bond acceptors (Lipinski definition) is 4. The second-order valence-electron chi connectivity index (χ2n) is 2.14. The molecule has 0 aromatic heterocycles. The van der Waals surface area contributed by atoms with E-state index in [1.165, 1.54) is 0 Å². The Hall–Kier alpha value is -0.940. The van der Waals surface area contributed by atoms with Crippen molar-refractivity contribution in [2.24, 2.45) is 5.73 Å². The molecule has 0 aliphatic carbocycles. The minimum atomic E-state index is -1.11. The Morgan fingerprint density at radius 2 is 2.00 bits per heavy atom. The van der Waals surface area contributed by atoms with Gasteiger partial charge in [-0.15, -0.1) is 0 Å². The van der Waals surface area contributed by atoms with Crippen molar-refractivity contribution in [1.82, 2.24) is 0 Å². The average molecular weight is 161 g/mol. The van der Waals surface area contributed by atoms with E-state index in [1.54, 1.807) is 0 Å². The highest BCUT2D eigenvalue weighted by Gasteiger charge is 2.15. The third kappa shape index (κ3) is 4.46. The van der Waals surface area contributed by atoms with Crippen LogP contribution in [0.1, 0.15) is 12.8 Å². The topological polar surface area (TPSA) is 101 Å². The van der Waals surface area contributed by atoms with Crippen LogP contribution in [0.15, 0.2) is 0 Å². The fraction of sp³-hybridized carbons (Fsp3) is 0.667. The number of aliphatic carboxylic acids is 1. The summed E-state index contributed by atoms with van der Waals surface area (Å²) in [5, 5.41) is 16.5. The number of carboxylic acid groups (broad SMARTS) is 1. The van der Waals surface area contributed by atoms with Crippen LogP contribution in [-0.2, 0) is 9.59 Å². The lowest BCUT2D eigenvalue weighted by molar-refractivity contribution is -0.139. The maximum absolute atomic E-state index is 10.7. The van der Waals surface area contributed by atoms with E-state index in [2.05, 4.69) is 0 Å². The Kier molecular flexibility index (Phi) is 4.40. The Bertz CT molecular complexity index is 157. The van der Waals surface area contributed by atoms with Crippen LogP contribution in [0.25, 0.3) is 0 Å². The van der Waals surface area contributed by atoms with Gasteiger partial charge in [0.2, 0.25) is 0 Å². The van der Waals surface area contributed by atoms with Crippen molar-refractivity contribution in [3.05, 3.63) is 0 Å². The summed E-state index contributed by atoms with van der Waals surface area (Å²) in [5.74, 6) is -1.53. The lowest BCUT2D eigenvalue weighted by Crippen LogP contribution is -2.33. The molecule has 0 spiro atoms. The van der Waals surface area contributed by atoms with E-state index >= 15 is 0 Å². The Morgan fingerprint density at radius 1 is 1.45 bits per heavy atom. The molecule has 0 aliphatic rings. The second-order valence-corrected chi connectivity index (χ2v) is 2.14. The Labute approximate surface area is 63.8 Å². The first-order valence-corrected chi connectivity index (χ1v) is 3.19. The number of aliphatic hydroxyl groups is 1. The van der Waals surface area contributed by atoms with Gasteiger partial charge in [-0.25, -0.2) is 0 Å². The first-order valence-electron chi connectivity index (χ1n) is 3.19. The first-order chi connectivity index (χ1) is 5.07. The summed E-state index contributed by atoms with van der Waals surface area (Å²) in [5.41, 5.74) is 5.16. The highest BCUT2D eigenvalue weighted by molar-refractivity contribution is 5.87. The predicted molar refractivity (Wildman–Crippen MR) is 36.9 cm³/mol. The zero-order chi connectivity index (χ0) is 8.85. The number of carbonyl (C=O) groups is 2. The Morgan fingerprint density at radius 3 is 2.36 bits per heavy atom. The summed E-state index contributed by atoms with van der Waals surface area (Å²) < 4.78 is 0. The number of carboxylic acids is 1. The molecule has 0 aromatic rings. The van der Waals surface area contributed by atoms with Crippen LogP contribution in [0.3, 0.4) is 0 Å². The van der Waals surface area contributed by atoms with Crippen LogP contribution >= 0.6 is 0 Å². The van der Waals surface area contributed by atoms with E-state index in [-0.39, 0.29) is 19.4 Å². The Balaban J connectivity index is 3.73. The van der Waals surface area contributed by atoms with Crippen molar-refractivity contribution in [2.75, 3.05) is 6.61 Å². The monoisotopic (exact) mass is 161 g/mol. The fourth-order valence-electron chi connectivity index (χ4n) is 0.598. The molecule has 0 unspecified atom stereocenters. The summed E-state index contributed by atoms with van der Waals surface area (Å²) in [4.78, 5) is 20.8. The van der Waals surface area contributed by atoms with Crippen molar-refractivity contribution >= 4 is 11.8 Å². The molecule has 11 heavy (non-hydrogen) atoms. The zero-order valence-electron chi connectivity index (χ0n) is 5.99. The molecule has 0 fully saturated rings. The molecule has 0 rings (SSSR count). The number of carbonyl (C=O) groups excluding carboxylic acids is 1. The number of aliphatic hydroxyl groups excluding tert-OH is 1. The van der Waals surface area contributed by atoms with Crippen LogP contribution in [0, 0.1) is 0 Å². The second kappa shape index (κ2) is 4.81. The molecule has 5 nitrogen and oxygen atoms in total. The van der Waals surface area contributed by atoms with Gasteiger partial charge in [-0.1, -0.05) is 0 Å². The van der Waals surface area contributed by atoms with Crippen LogP contribution in [0.2, 0.25) is 0 Å². The third-order valence-corrected chi connectivity index (χ3v) is 1.17. The van der Waals surface area contributed by atoms with Crippen molar-refractivity contribution in [3.63, 3.8) is 0 Å². The first kappa shape index (κ1) is 10.1. The highest BCUT2D eigenvalue weighted by Crippen LogP contribution is 1.93. The molecule has 0 aromatic carbocycles. The van der Waals surface area contributed by atoms with Crippen molar-refractivity contribution in [2.45, 2.75) is 18.9 Å². The van der Waals surface area contributed by atoms with Gasteiger partial charge in [0.05, 0.1) is 19.1 Å². The van der Waals surface area contributed by atoms with Crippen LogP contribution < -0.4 is 5.73 Å². The summed E-state index contributed by atoms with van der Waals surface area (Å²) in [6, 6.07) is -0.986. The van der Waals surface area contributed by atoms with Gasteiger partial charge in [-0.3, -0.25) is 9.59 Å². The van der Waals surface area contributed by atoms with Gasteiger partial charge >= 0.3 is 5.97 Å². The van der Waals surface area contributed by atoms with Crippen LogP contribution in [0.5, 0.6) is 0 Å². The van der Waals surface area contributed by atoms with Gasteiger partial charge in [0.25, 0.3) is 0 Å². The van der Waals surface area contributed by atoms with Crippen molar-refractivity contribution in [3.8, 4) is 0 Å². The molecular weight excluding hydrogens is 150 g/mol. The molecule has 0 aliphatic heterocycles. The largest absolute Gasteiger partial charge is 0.481 e. The molecule has 4 N–H and O–H groups in total. The zero-order valence-corrected chi connectivity index (χ0v) is 5.99. The molecule has 0 radical (unpaired) electrons. The van der Waals surface area contributed by atoms with Crippen LogP contribution in [-0.4, -0.2) is 34.6 Å². The standard InChI is InChI=1S/C6H11NO4/c7-4(3-6(10)11)5(9)1-2-8/h4,8H,1-3,7H2,(H,10,11)/t4-/m0/s1. The molecule has 0 saturated carbocycles. The quantitative estimate of drug-likeness (QED) is 0.467. The minimum absolute atomic E-state index is 0.0750. The number of rotatable bonds is 5. The third-order valence-electron chi connectivity index (χ3n) is 1.17. The molecule has 0 saturated heterocycles. The van der Waals surface area contributed by atoms with Crippen molar-refractivity contribution in [1.29, 1.82) is 0 Å². The van der Waals surface area contributed by atoms with Crippen molar-refractivity contribution < 1.29 is 19.8 Å².